The lowest BCUT2D eigenvalue weighted by atomic mass is 9.68. The highest BCUT2D eigenvalue weighted by Crippen LogP contribution is 2.45. The van der Waals surface area contributed by atoms with E-state index in [9.17, 15) is 4.79 Å². The zero-order valence-corrected chi connectivity index (χ0v) is 9.96. The van der Waals surface area contributed by atoms with E-state index in [1.165, 1.54) is 31.2 Å². The van der Waals surface area contributed by atoms with Gasteiger partial charge in [-0.2, -0.15) is 0 Å². The van der Waals surface area contributed by atoms with Crippen LogP contribution in [0.25, 0.3) is 0 Å². The van der Waals surface area contributed by atoms with Crippen LogP contribution in [0, 0.1) is 5.92 Å². The second-order valence-corrected chi connectivity index (χ2v) is 5.45. The zero-order valence-electron chi connectivity index (χ0n) is 9.21. The van der Waals surface area contributed by atoms with E-state index in [-0.39, 0.29) is 0 Å². The lowest BCUT2D eigenvalue weighted by molar-refractivity contribution is 0.0919. The fraction of sp³-hybridized carbons (Fsp3) is 0.500. The Morgan fingerprint density at radius 2 is 2.00 bits per heavy atom. The van der Waals surface area contributed by atoms with Gasteiger partial charge in [-0.15, -0.1) is 0 Å². The number of carbonyl (C=O) groups is 1. The third kappa shape index (κ3) is 1.58. The third-order valence-corrected chi connectivity index (χ3v) is 4.31. The highest BCUT2D eigenvalue weighted by atomic mass is 35.5. The Morgan fingerprint density at radius 1 is 1.19 bits per heavy atom. The number of hydrogen-bond acceptors (Lipinski definition) is 1. The normalized spacial score (nSPS) is 28.4. The number of rotatable bonds is 0. The van der Waals surface area contributed by atoms with Gasteiger partial charge in [-0.1, -0.05) is 24.4 Å². The molecule has 0 spiro atoms. The number of Topliss-reactive ketones (excluding diaryl/α,β-unsaturated/α-hetero) is 1. The van der Waals surface area contributed by atoms with Crippen molar-refractivity contribution in [1.29, 1.82) is 0 Å². The summed E-state index contributed by atoms with van der Waals surface area (Å²) in [5.41, 5.74) is 2.14. The van der Waals surface area contributed by atoms with Crippen LogP contribution in [0.15, 0.2) is 18.2 Å². The van der Waals surface area contributed by atoms with Gasteiger partial charge in [-0.3, -0.25) is 4.79 Å². The van der Waals surface area contributed by atoms with Gasteiger partial charge in [0.15, 0.2) is 5.78 Å². The van der Waals surface area contributed by atoms with E-state index in [4.69, 9.17) is 11.6 Å². The molecule has 2 heteroatoms. The Bertz CT molecular complexity index is 438. The molecule has 0 N–H and O–H groups in total. The van der Waals surface area contributed by atoms with Gasteiger partial charge in [0.05, 0.1) is 0 Å². The maximum atomic E-state index is 12.0. The number of hydrogen-bond donors (Lipinski definition) is 0. The van der Waals surface area contributed by atoms with Gasteiger partial charge in [0, 0.05) is 17.0 Å². The molecule has 2 unspecified atom stereocenters. The first-order chi connectivity index (χ1) is 7.75. The van der Waals surface area contributed by atoms with Crippen molar-refractivity contribution in [3.05, 3.63) is 34.3 Å². The van der Waals surface area contributed by atoms with Crippen LogP contribution in [-0.2, 0) is 0 Å². The molecule has 1 nitrogen and oxygen atoms in total. The van der Waals surface area contributed by atoms with E-state index < -0.39 is 0 Å². The molecule has 3 rings (SSSR count). The molecular formula is C14H15ClO. The number of halogens is 1. The van der Waals surface area contributed by atoms with Gasteiger partial charge in [0.25, 0.3) is 0 Å². The van der Waals surface area contributed by atoms with Crippen LogP contribution in [-0.4, -0.2) is 5.78 Å². The van der Waals surface area contributed by atoms with Crippen molar-refractivity contribution in [2.45, 2.75) is 38.0 Å². The van der Waals surface area contributed by atoms with Gasteiger partial charge in [-0.05, 0) is 48.4 Å². The summed E-state index contributed by atoms with van der Waals surface area (Å²) < 4.78 is 0. The van der Waals surface area contributed by atoms with Gasteiger partial charge in [-0.25, -0.2) is 0 Å². The van der Waals surface area contributed by atoms with Crippen LogP contribution < -0.4 is 0 Å². The van der Waals surface area contributed by atoms with E-state index in [1.807, 2.05) is 18.2 Å². The van der Waals surface area contributed by atoms with Gasteiger partial charge >= 0.3 is 0 Å². The van der Waals surface area contributed by atoms with Crippen LogP contribution in [0.1, 0.15) is 53.9 Å². The molecule has 0 aliphatic heterocycles. The largest absolute Gasteiger partial charge is 0.294 e. The highest BCUT2D eigenvalue weighted by molar-refractivity contribution is 6.30. The zero-order chi connectivity index (χ0) is 11.1. The van der Waals surface area contributed by atoms with E-state index >= 15 is 0 Å². The molecule has 84 valence electrons. The monoisotopic (exact) mass is 234 g/mol. The third-order valence-electron chi connectivity index (χ3n) is 4.07. The van der Waals surface area contributed by atoms with Gasteiger partial charge < -0.3 is 0 Å². The molecule has 1 aromatic rings. The minimum Gasteiger partial charge on any atom is -0.294 e. The van der Waals surface area contributed by atoms with Crippen molar-refractivity contribution in [1.82, 2.24) is 0 Å². The minimum absolute atomic E-state index is 0.315. The lowest BCUT2D eigenvalue weighted by Crippen LogP contribution is -2.27. The quantitative estimate of drug-likeness (QED) is 0.658. The summed E-state index contributed by atoms with van der Waals surface area (Å²) in [5, 5.41) is 0.762. The van der Waals surface area contributed by atoms with Crippen molar-refractivity contribution < 1.29 is 4.79 Å². The van der Waals surface area contributed by atoms with Crippen LogP contribution >= 0.6 is 11.6 Å². The average Bonchev–Trinajstić information content (AvgIpc) is 2.29. The fourth-order valence-electron chi connectivity index (χ4n) is 3.30. The van der Waals surface area contributed by atoms with E-state index in [2.05, 4.69) is 0 Å². The number of carbonyl (C=O) groups excluding carboxylic acids is 1. The molecule has 1 aromatic carbocycles. The maximum absolute atomic E-state index is 12.0. The predicted molar refractivity (Wildman–Crippen MR) is 65.1 cm³/mol. The first kappa shape index (κ1) is 10.3. The average molecular weight is 235 g/mol. The topological polar surface area (TPSA) is 17.1 Å². The summed E-state index contributed by atoms with van der Waals surface area (Å²) in [7, 11) is 0. The number of ketones is 1. The van der Waals surface area contributed by atoms with Crippen molar-refractivity contribution in [3.63, 3.8) is 0 Å². The molecule has 0 aromatic heterocycles. The first-order valence-corrected chi connectivity index (χ1v) is 6.46. The van der Waals surface area contributed by atoms with Crippen molar-refractivity contribution in [2.24, 2.45) is 5.92 Å². The number of benzene rings is 1. The van der Waals surface area contributed by atoms with Gasteiger partial charge in [0.1, 0.15) is 0 Å². The van der Waals surface area contributed by atoms with E-state index in [1.54, 1.807) is 0 Å². The number of fused-ring (bicyclic) bond motifs is 3. The Hall–Kier alpha value is -0.820. The summed E-state index contributed by atoms with van der Waals surface area (Å²) in [6.45, 7) is 0. The fourth-order valence-corrected chi connectivity index (χ4v) is 3.48. The van der Waals surface area contributed by atoms with Crippen LogP contribution in [0.5, 0.6) is 0 Å². The van der Waals surface area contributed by atoms with E-state index in [0.29, 0.717) is 17.6 Å². The molecule has 2 atom stereocenters. The van der Waals surface area contributed by atoms with Crippen molar-refractivity contribution >= 4 is 17.4 Å². The second-order valence-electron chi connectivity index (χ2n) is 5.01. The molecule has 0 amide bonds. The van der Waals surface area contributed by atoms with Crippen LogP contribution in [0.4, 0.5) is 0 Å². The summed E-state index contributed by atoms with van der Waals surface area (Å²) in [6, 6.07) is 5.75. The first-order valence-electron chi connectivity index (χ1n) is 6.08. The molecule has 0 radical (unpaired) electrons. The predicted octanol–water partition coefficient (Wildman–Crippen LogP) is 4.20. The summed E-state index contributed by atoms with van der Waals surface area (Å²) in [4.78, 5) is 12.0. The molecule has 2 aliphatic carbocycles. The van der Waals surface area contributed by atoms with Crippen molar-refractivity contribution in [3.8, 4) is 0 Å². The van der Waals surface area contributed by atoms with E-state index in [0.717, 1.165) is 17.0 Å². The summed E-state index contributed by atoms with van der Waals surface area (Å²) >= 11 is 6.04. The standard InChI is InChI=1S/C14H15ClO/c15-10-5-6-12-13(8-10)11-4-2-1-3-9(11)7-14(12)16/h5-6,8-9,11H,1-4,7H2. The Morgan fingerprint density at radius 3 is 2.88 bits per heavy atom. The molecular weight excluding hydrogens is 220 g/mol. The maximum Gasteiger partial charge on any atom is 0.163 e. The second kappa shape index (κ2) is 3.89. The molecule has 1 fully saturated rings. The highest BCUT2D eigenvalue weighted by Gasteiger charge is 2.35. The molecule has 0 saturated heterocycles. The molecule has 1 saturated carbocycles. The molecule has 0 bridgehead atoms. The minimum atomic E-state index is 0.315. The Kier molecular flexibility index (Phi) is 2.51. The SMILES string of the molecule is O=C1CC2CCCCC2c2cc(Cl)ccc21. The van der Waals surface area contributed by atoms with Crippen molar-refractivity contribution in [2.75, 3.05) is 0 Å². The Balaban J connectivity index is 2.09. The lowest BCUT2D eigenvalue weighted by Gasteiger charge is -2.36. The Labute approximate surface area is 101 Å². The van der Waals surface area contributed by atoms with Crippen LogP contribution in [0.3, 0.4) is 0 Å². The summed E-state index contributed by atoms with van der Waals surface area (Å²) in [5.74, 6) is 1.47. The summed E-state index contributed by atoms with van der Waals surface area (Å²) in [6.07, 6.45) is 5.76. The van der Waals surface area contributed by atoms with Crippen LogP contribution in [0.2, 0.25) is 5.02 Å². The van der Waals surface area contributed by atoms with Gasteiger partial charge in [0.2, 0.25) is 0 Å². The molecule has 0 heterocycles. The smallest absolute Gasteiger partial charge is 0.163 e. The molecule has 16 heavy (non-hydrogen) atoms. The molecule has 2 aliphatic rings.